The van der Waals surface area contributed by atoms with E-state index in [0.29, 0.717) is 23.3 Å². The molecule has 0 fully saturated rings. The number of alkyl carbamates (subject to hydrolysis) is 1. The Hall–Kier alpha value is -2.51. The number of carbonyl (C=O) groups is 2. The third-order valence-electron chi connectivity index (χ3n) is 5.80. The number of hydrogen-bond acceptors (Lipinski definition) is 8. The average molecular weight is 556 g/mol. The molecule has 2 amide bonds. The second-order valence-corrected chi connectivity index (χ2v) is 11.9. The molecule has 1 heterocycles. The molecule has 0 aliphatic heterocycles. The highest BCUT2D eigenvalue weighted by molar-refractivity contribution is 7.89. The molecule has 0 radical (unpaired) electrons. The summed E-state index contributed by atoms with van der Waals surface area (Å²) >= 11 is 1.32. The molecular weight excluding hydrogens is 518 g/mol. The Kier molecular flexibility index (Phi) is 12.0. The predicted molar refractivity (Wildman–Crippen MR) is 141 cm³/mol. The van der Waals surface area contributed by atoms with Crippen LogP contribution in [0.3, 0.4) is 0 Å². The van der Waals surface area contributed by atoms with Crippen LogP contribution in [0.5, 0.6) is 0 Å². The molecule has 10 nitrogen and oxygen atoms in total. The van der Waals surface area contributed by atoms with E-state index in [1.165, 1.54) is 34.9 Å². The number of carbonyl (C=O) groups excluding carboxylic acids is 2. The number of ether oxygens (including phenoxy) is 1. The van der Waals surface area contributed by atoms with Gasteiger partial charge in [-0.25, -0.2) is 13.2 Å². The van der Waals surface area contributed by atoms with E-state index in [0.717, 1.165) is 4.88 Å². The summed E-state index contributed by atoms with van der Waals surface area (Å²) in [6.45, 7) is 5.27. The molecule has 0 saturated carbocycles. The second kappa shape index (κ2) is 14.4. The topological polar surface area (TPSA) is 145 Å². The van der Waals surface area contributed by atoms with Crippen LogP contribution in [0.15, 0.2) is 41.3 Å². The van der Waals surface area contributed by atoms with Crippen molar-refractivity contribution in [1.29, 1.82) is 0 Å². The smallest absolute Gasteiger partial charge is 0.407 e. The van der Waals surface area contributed by atoms with Gasteiger partial charge in [-0.3, -0.25) is 4.79 Å². The number of methoxy groups -OCH3 is 1. The van der Waals surface area contributed by atoms with Crippen molar-refractivity contribution in [1.82, 2.24) is 14.9 Å². The van der Waals surface area contributed by atoms with E-state index in [-0.39, 0.29) is 36.6 Å². The van der Waals surface area contributed by atoms with Crippen molar-refractivity contribution in [2.24, 2.45) is 5.92 Å². The van der Waals surface area contributed by atoms with Gasteiger partial charge in [0.05, 0.1) is 37.3 Å². The van der Waals surface area contributed by atoms with Crippen molar-refractivity contribution in [2.75, 3.05) is 26.8 Å². The predicted octanol–water partition coefficient (Wildman–Crippen LogP) is 2.93. The van der Waals surface area contributed by atoms with Gasteiger partial charge >= 0.3 is 6.09 Å². The maximum absolute atomic E-state index is 13.7. The van der Waals surface area contributed by atoms with Crippen molar-refractivity contribution in [3.05, 3.63) is 51.7 Å². The van der Waals surface area contributed by atoms with Gasteiger partial charge in [-0.1, -0.05) is 32.9 Å². The number of aliphatic hydroxyl groups excluding tert-OH is 2. The fourth-order valence-electron chi connectivity index (χ4n) is 3.63. The normalized spacial score (nSPS) is 13.4. The van der Waals surface area contributed by atoms with Crippen LogP contribution in [-0.4, -0.2) is 61.7 Å². The van der Waals surface area contributed by atoms with Crippen molar-refractivity contribution in [2.45, 2.75) is 57.2 Å². The minimum atomic E-state index is -3.96. The highest BCUT2D eigenvalue weighted by Crippen LogP contribution is 2.35. The lowest BCUT2D eigenvalue weighted by molar-refractivity contribution is -0.120. The number of rotatable bonds is 14. The number of aliphatic hydroxyl groups is 2. The van der Waals surface area contributed by atoms with Crippen molar-refractivity contribution in [3.63, 3.8) is 0 Å². The Morgan fingerprint density at radius 2 is 1.73 bits per heavy atom. The summed E-state index contributed by atoms with van der Waals surface area (Å²) < 4.78 is 33.1. The fourth-order valence-corrected chi connectivity index (χ4v) is 6.56. The number of nitrogens with zero attached hydrogens (tertiary/aromatic N) is 1. The van der Waals surface area contributed by atoms with Gasteiger partial charge in [0.15, 0.2) is 0 Å². The fraction of sp³-hybridized carbons (Fsp3) is 0.520. The number of benzene rings is 1. The third-order valence-corrected chi connectivity index (χ3v) is 9.02. The summed E-state index contributed by atoms with van der Waals surface area (Å²) in [6, 6.07) is 8.47. The van der Waals surface area contributed by atoms with Crippen molar-refractivity contribution in [3.8, 4) is 0 Å². The van der Waals surface area contributed by atoms with Crippen molar-refractivity contribution < 1.29 is 33.0 Å². The lowest BCUT2D eigenvalue weighted by Crippen LogP contribution is -2.38. The first kappa shape index (κ1) is 30.7. The van der Waals surface area contributed by atoms with E-state index in [2.05, 4.69) is 15.4 Å². The molecule has 2 atom stereocenters. The van der Waals surface area contributed by atoms with Gasteiger partial charge in [-0.15, -0.1) is 11.3 Å². The van der Waals surface area contributed by atoms with E-state index in [1.54, 1.807) is 18.2 Å². The minimum absolute atomic E-state index is 0.0838. The van der Waals surface area contributed by atoms with E-state index in [9.17, 15) is 28.2 Å². The lowest BCUT2D eigenvalue weighted by Gasteiger charge is -2.30. The van der Waals surface area contributed by atoms with Crippen LogP contribution in [0.2, 0.25) is 0 Å². The average Bonchev–Trinajstić information content (AvgIpc) is 3.37. The maximum atomic E-state index is 13.7. The van der Waals surface area contributed by atoms with E-state index >= 15 is 0 Å². The minimum Gasteiger partial charge on any atom is -0.453 e. The summed E-state index contributed by atoms with van der Waals surface area (Å²) in [7, 11) is -2.75. The molecule has 1 aromatic carbocycles. The molecular formula is C25H37N3O7S2. The molecule has 12 heteroatoms. The zero-order valence-corrected chi connectivity index (χ0v) is 23.3. The summed E-state index contributed by atoms with van der Waals surface area (Å²) in [6.07, 6.45) is 0.463. The van der Waals surface area contributed by atoms with E-state index in [4.69, 9.17) is 0 Å². The molecule has 0 bridgehead atoms. The van der Waals surface area contributed by atoms with Gasteiger partial charge in [0.25, 0.3) is 0 Å². The van der Waals surface area contributed by atoms with Gasteiger partial charge in [-0.05, 0) is 48.6 Å². The first-order valence-electron chi connectivity index (χ1n) is 12.1. The molecule has 4 N–H and O–H groups in total. The zero-order chi connectivity index (χ0) is 27.6. The van der Waals surface area contributed by atoms with Crippen LogP contribution in [0.25, 0.3) is 0 Å². The molecule has 1 aromatic heterocycles. The lowest BCUT2D eigenvalue weighted by atomic mass is 10.1. The van der Waals surface area contributed by atoms with Gasteiger partial charge in [0, 0.05) is 16.3 Å². The largest absolute Gasteiger partial charge is 0.453 e. The quantitative estimate of drug-likeness (QED) is 0.280. The summed E-state index contributed by atoms with van der Waals surface area (Å²) in [5.74, 6) is -0.149. The van der Waals surface area contributed by atoms with Gasteiger partial charge in [0.1, 0.15) is 6.54 Å². The monoisotopic (exact) mass is 555 g/mol. The molecule has 2 rings (SSSR count). The van der Waals surface area contributed by atoms with Crippen LogP contribution in [-0.2, 0) is 26.2 Å². The number of thiophene rings is 1. The Morgan fingerprint density at radius 1 is 1.08 bits per heavy atom. The van der Waals surface area contributed by atoms with Crippen LogP contribution < -0.4 is 10.6 Å². The number of sulfonamides is 1. The molecule has 2 aromatic rings. The SMILES string of the molecule is CCC(NC(=O)CNC(=O)OC)c1ccc(C(CO)N(CCC(C)C)S(=O)(=O)c2ccc(CO)cc2)s1. The third kappa shape index (κ3) is 8.50. The molecule has 0 spiro atoms. The molecule has 0 aliphatic carbocycles. The molecule has 0 aliphatic rings. The molecule has 2 unspecified atom stereocenters. The first-order valence-corrected chi connectivity index (χ1v) is 14.4. The molecule has 206 valence electrons. The Balaban J connectivity index is 2.32. The zero-order valence-electron chi connectivity index (χ0n) is 21.6. The standard InChI is InChI=1S/C25H37N3O7S2/c1-5-20(27-24(31)14-26-25(32)35-4)22-10-11-23(36-22)21(16-30)28(13-12-17(2)3)37(33,34)19-8-6-18(15-29)7-9-19/h6-11,17,20-21,29-30H,5,12-16H2,1-4H3,(H,26,32)(H,27,31). The Bertz CT molecular complexity index is 1120. The summed E-state index contributed by atoms with van der Waals surface area (Å²) in [5.41, 5.74) is 0.601. The Labute approximate surface area is 222 Å². The molecule has 37 heavy (non-hydrogen) atoms. The summed E-state index contributed by atoms with van der Waals surface area (Å²) in [5, 5.41) is 24.8. The molecule has 0 saturated heterocycles. The van der Waals surface area contributed by atoms with Gasteiger partial charge in [0.2, 0.25) is 15.9 Å². The van der Waals surface area contributed by atoms with E-state index < -0.39 is 34.7 Å². The first-order chi connectivity index (χ1) is 17.6. The second-order valence-electron chi connectivity index (χ2n) is 8.91. The van der Waals surface area contributed by atoms with Crippen molar-refractivity contribution >= 4 is 33.4 Å². The van der Waals surface area contributed by atoms with Gasteiger partial charge < -0.3 is 25.6 Å². The Morgan fingerprint density at radius 3 is 2.27 bits per heavy atom. The number of nitrogens with one attached hydrogen (secondary N) is 2. The van der Waals surface area contributed by atoms with Crippen LogP contribution in [0.1, 0.15) is 61.0 Å². The van der Waals surface area contributed by atoms with Crippen LogP contribution >= 0.6 is 11.3 Å². The number of hydrogen-bond donors (Lipinski definition) is 4. The maximum Gasteiger partial charge on any atom is 0.407 e. The van der Waals surface area contributed by atoms with E-state index in [1.807, 2.05) is 26.8 Å². The number of amides is 2. The van der Waals surface area contributed by atoms with Gasteiger partial charge in [-0.2, -0.15) is 4.31 Å². The highest BCUT2D eigenvalue weighted by atomic mass is 32.2. The van der Waals surface area contributed by atoms with Crippen LogP contribution in [0.4, 0.5) is 4.79 Å². The highest BCUT2D eigenvalue weighted by Gasteiger charge is 2.33. The van der Waals surface area contributed by atoms with Crippen LogP contribution in [0, 0.1) is 5.92 Å². The summed E-state index contributed by atoms with van der Waals surface area (Å²) in [4.78, 5) is 25.0.